The maximum atomic E-state index is 13.1. The zero-order valence-corrected chi connectivity index (χ0v) is 21.0. The topological polar surface area (TPSA) is 69.7 Å². The number of carbonyl (C=O) groups excluding carboxylic acids is 1. The molecule has 182 valence electrons. The standard InChI is InChI=1S/C27H35N3O3S/c1-19-12-14-29(15-13-19)18-21-6-8-24(9-7-21)28-34(32,33)25-10-11-26-23(17-25)16-20(2)30(26)27(31)22-4-3-5-22/h6-11,17,19-20,22,28H,3-5,12-16,18H2,1-2H3. The lowest BCUT2D eigenvalue weighted by Crippen LogP contribution is -2.42. The number of carbonyl (C=O) groups is 1. The summed E-state index contributed by atoms with van der Waals surface area (Å²) in [6.45, 7) is 7.49. The monoisotopic (exact) mass is 481 g/mol. The van der Waals surface area contributed by atoms with Crippen LogP contribution >= 0.6 is 0 Å². The molecule has 1 unspecified atom stereocenters. The molecule has 3 aliphatic rings. The fourth-order valence-electron chi connectivity index (χ4n) is 5.33. The minimum Gasteiger partial charge on any atom is -0.309 e. The van der Waals surface area contributed by atoms with Gasteiger partial charge in [0, 0.05) is 29.9 Å². The second kappa shape index (κ2) is 9.34. The van der Waals surface area contributed by atoms with Gasteiger partial charge in [-0.1, -0.05) is 25.5 Å². The quantitative estimate of drug-likeness (QED) is 0.644. The maximum Gasteiger partial charge on any atom is 0.261 e. The normalized spacial score (nSPS) is 21.8. The number of nitrogens with one attached hydrogen (secondary N) is 1. The first-order valence-corrected chi connectivity index (χ1v) is 14.1. The molecule has 0 bridgehead atoms. The van der Waals surface area contributed by atoms with Crippen LogP contribution in [0, 0.1) is 11.8 Å². The van der Waals surface area contributed by atoms with Crippen LogP contribution in [0.15, 0.2) is 47.4 Å². The van der Waals surface area contributed by atoms with Gasteiger partial charge in [0.25, 0.3) is 10.0 Å². The van der Waals surface area contributed by atoms with Gasteiger partial charge < -0.3 is 4.90 Å². The summed E-state index contributed by atoms with van der Waals surface area (Å²) in [7, 11) is -3.71. The largest absolute Gasteiger partial charge is 0.309 e. The summed E-state index contributed by atoms with van der Waals surface area (Å²) < 4.78 is 28.9. The Labute approximate surface area is 203 Å². The average molecular weight is 482 g/mol. The second-order valence-corrected chi connectivity index (χ2v) is 12.1. The summed E-state index contributed by atoms with van der Waals surface area (Å²) in [6, 6.07) is 12.9. The molecule has 1 N–H and O–H groups in total. The second-order valence-electron chi connectivity index (χ2n) is 10.4. The molecule has 1 saturated carbocycles. The third kappa shape index (κ3) is 4.73. The smallest absolute Gasteiger partial charge is 0.261 e. The van der Waals surface area contributed by atoms with E-state index >= 15 is 0 Å². The number of fused-ring (bicyclic) bond motifs is 1. The van der Waals surface area contributed by atoms with Gasteiger partial charge in [-0.05, 0) is 99.5 Å². The van der Waals surface area contributed by atoms with E-state index in [1.165, 1.54) is 18.4 Å². The molecular weight excluding hydrogens is 446 g/mol. The fourth-order valence-corrected chi connectivity index (χ4v) is 6.44. The lowest BCUT2D eigenvalue weighted by atomic mass is 9.84. The van der Waals surface area contributed by atoms with Crippen molar-refractivity contribution in [3.63, 3.8) is 0 Å². The lowest BCUT2D eigenvalue weighted by molar-refractivity contribution is -0.125. The van der Waals surface area contributed by atoms with E-state index in [1.54, 1.807) is 18.2 Å². The van der Waals surface area contributed by atoms with Crippen molar-refractivity contribution in [2.45, 2.75) is 69.9 Å². The molecule has 5 rings (SSSR count). The Kier molecular flexibility index (Phi) is 6.42. The van der Waals surface area contributed by atoms with E-state index in [4.69, 9.17) is 0 Å². The Morgan fingerprint density at radius 2 is 1.71 bits per heavy atom. The molecular formula is C27H35N3O3S. The molecule has 7 heteroatoms. The number of nitrogens with zero attached hydrogens (tertiary/aromatic N) is 2. The van der Waals surface area contributed by atoms with Gasteiger partial charge >= 0.3 is 0 Å². The van der Waals surface area contributed by atoms with Crippen molar-refractivity contribution < 1.29 is 13.2 Å². The maximum absolute atomic E-state index is 13.1. The molecule has 0 radical (unpaired) electrons. The Bertz CT molecular complexity index is 1150. The summed E-state index contributed by atoms with van der Waals surface area (Å²) >= 11 is 0. The van der Waals surface area contributed by atoms with Gasteiger partial charge in [-0.2, -0.15) is 0 Å². The highest BCUT2D eigenvalue weighted by atomic mass is 32.2. The Balaban J connectivity index is 1.26. The fraction of sp³-hybridized carbons (Fsp3) is 0.519. The summed E-state index contributed by atoms with van der Waals surface area (Å²) in [5.74, 6) is 1.12. The first-order valence-electron chi connectivity index (χ1n) is 12.6. The predicted molar refractivity (Wildman–Crippen MR) is 135 cm³/mol. The number of hydrogen-bond donors (Lipinski definition) is 1. The number of benzene rings is 2. The highest BCUT2D eigenvalue weighted by molar-refractivity contribution is 7.92. The van der Waals surface area contributed by atoms with Crippen LogP contribution in [0.2, 0.25) is 0 Å². The van der Waals surface area contributed by atoms with Gasteiger partial charge in [0.05, 0.1) is 4.90 Å². The Morgan fingerprint density at radius 3 is 2.35 bits per heavy atom. The van der Waals surface area contributed by atoms with E-state index in [2.05, 4.69) is 16.5 Å². The van der Waals surface area contributed by atoms with Crippen molar-refractivity contribution in [1.82, 2.24) is 4.90 Å². The predicted octanol–water partition coefficient (Wildman–Crippen LogP) is 4.80. The number of amides is 1. The molecule has 2 aliphatic heterocycles. The molecule has 2 aromatic rings. The lowest BCUT2D eigenvalue weighted by Gasteiger charge is -2.32. The van der Waals surface area contributed by atoms with Crippen LogP contribution in [0.3, 0.4) is 0 Å². The summed E-state index contributed by atoms with van der Waals surface area (Å²) in [6.07, 6.45) is 6.20. The number of anilines is 2. The van der Waals surface area contributed by atoms with E-state index in [1.807, 2.05) is 36.1 Å². The molecule has 6 nitrogen and oxygen atoms in total. The summed E-state index contributed by atoms with van der Waals surface area (Å²) in [5.41, 5.74) is 3.54. The molecule has 2 heterocycles. The van der Waals surface area contributed by atoms with Crippen molar-refractivity contribution in [2.75, 3.05) is 22.7 Å². The molecule has 2 aromatic carbocycles. The molecule has 0 spiro atoms. The van der Waals surface area contributed by atoms with Gasteiger partial charge in [0.1, 0.15) is 0 Å². The van der Waals surface area contributed by atoms with Gasteiger partial charge in [-0.15, -0.1) is 0 Å². The van der Waals surface area contributed by atoms with Crippen LogP contribution in [-0.4, -0.2) is 38.4 Å². The third-order valence-corrected chi connectivity index (χ3v) is 9.14. The van der Waals surface area contributed by atoms with Crippen molar-refractivity contribution in [3.05, 3.63) is 53.6 Å². The van der Waals surface area contributed by atoms with Gasteiger partial charge in [-0.25, -0.2) is 8.42 Å². The average Bonchev–Trinajstić information content (AvgIpc) is 3.10. The van der Waals surface area contributed by atoms with Crippen molar-refractivity contribution in [2.24, 2.45) is 11.8 Å². The van der Waals surface area contributed by atoms with Gasteiger partial charge in [-0.3, -0.25) is 14.4 Å². The zero-order chi connectivity index (χ0) is 23.9. The number of rotatable bonds is 6. The van der Waals surface area contributed by atoms with Crippen molar-refractivity contribution in [3.8, 4) is 0 Å². The van der Waals surface area contributed by atoms with Gasteiger partial charge in [0.15, 0.2) is 0 Å². The molecule has 0 aromatic heterocycles. The third-order valence-electron chi connectivity index (χ3n) is 7.76. The zero-order valence-electron chi connectivity index (χ0n) is 20.2. The van der Waals surface area contributed by atoms with Crippen molar-refractivity contribution >= 4 is 27.3 Å². The molecule has 1 saturated heterocycles. The summed E-state index contributed by atoms with van der Waals surface area (Å²) in [5, 5.41) is 0. The van der Waals surface area contributed by atoms with E-state index in [0.29, 0.717) is 12.1 Å². The Hall–Kier alpha value is -2.38. The van der Waals surface area contributed by atoms with E-state index in [9.17, 15) is 13.2 Å². The minimum absolute atomic E-state index is 0.0599. The van der Waals surface area contributed by atoms with Gasteiger partial charge in [0.2, 0.25) is 5.91 Å². The van der Waals surface area contributed by atoms with E-state index in [-0.39, 0.29) is 22.8 Å². The number of sulfonamides is 1. The Morgan fingerprint density at radius 1 is 1.00 bits per heavy atom. The molecule has 1 atom stereocenters. The first kappa shape index (κ1) is 23.4. The molecule has 2 fully saturated rings. The van der Waals surface area contributed by atoms with Crippen LogP contribution in [-0.2, 0) is 27.8 Å². The van der Waals surface area contributed by atoms with E-state index in [0.717, 1.165) is 56.1 Å². The highest BCUT2D eigenvalue weighted by Gasteiger charge is 2.37. The van der Waals surface area contributed by atoms with Crippen LogP contribution < -0.4 is 9.62 Å². The SMILES string of the molecule is CC1CCN(Cc2ccc(NS(=O)(=O)c3ccc4c(c3)CC(C)N4C(=O)C3CCC3)cc2)CC1. The van der Waals surface area contributed by atoms with E-state index < -0.39 is 10.0 Å². The van der Waals surface area contributed by atoms with Crippen LogP contribution in [0.25, 0.3) is 0 Å². The first-order chi connectivity index (χ1) is 16.3. The highest BCUT2D eigenvalue weighted by Crippen LogP contribution is 2.38. The van der Waals surface area contributed by atoms with Crippen LogP contribution in [0.1, 0.15) is 57.1 Å². The number of piperidine rings is 1. The molecule has 1 amide bonds. The minimum atomic E-state index is -3.71. The van der Waals surface area contributed by atoms with Crippen LogP contribution in [0.4, 0.5) is 11.4 Å². The molecule has 1 aliphatic carbocycles. The van der Waals surface area contributed by atoms with Crippen molar-refractivity contribution in [1.29, 1.82) is 0 Å². The molecule has 34 heavy (non-hydrogen) atoms. The summed E-state index contributed by atoms with van der Waals surface area (Å²) in [4.78, 5) is 17.5. The van der Waals surface area contributed by atoms with Crippen LogP contribution in [0.5, 0.6) is 0 Å². The number of likely N-dealkylation sites (tertiary alicyclic amines) is 1. The number of hydrogen-bond acceptors (Lipinski definition) is 4.